The van der Waals surface area contributed by atoms with E-state index in [1.807, 2.05) is 23.8 Å². The van der Waals surface area contributed by atoms with Gasteiger partial charge in [0.15, 0.2) is 0 Å². The molecule has 1 heterocycles. The fraction of sp³-hybridized carbons (Fsp3) is 0.308. The largest absolute Gasteiger partial charge is 0.334 e. The summed E-state index contributed by atoms with van der Waals surface area (Å²) in [7, 11) is 1.81. The molecule has 2 aromatic rings. The van der Waals surface area contributed by atoms with Crippen molar-refractivity contribution >= 4 is 15.9 Å². The first-order chi connectivity index (χ1) is 8.69. The van der Waals surface area contributed by atoms with Gasteiger partial charge in [-0.1, -0.05) is 12.1 Å². The Morgan fingerprint density at radius 1 is 1.50 bits per heavy atom. The highest BCUT2D eigenvalue weighted by Gasteiger charge is 2.21. The van der Waals surface area contributed by atoms with Gasteiger partial charge in [0.2, 0.25) is 0 Å². The van der Waals surface area contributed by atoms with Gasteiger partial charge in [0.1, 0.15) is 11.6 Å². The van der Waals surface area contributed by atoms with Gasteiger partial charge in [-0.05, 0) is 36.0 Å². The lowest BCUT2D eigenvalue weighted by atomic mass is 10.1. The molecule has 1 aromatic heterocycles. The Bertz CT molecular complexity index is 539. The van der Waals surface area contributed by atoms with E-state index in [0.717, 1.165) is 12.4 Å². The van der Waals surface area contributed by atoms with Crippen LogP contribution in [0, 0.1) is 5.82 Å². The maximum atomic E-state index is 14.1. The van der Waals surface area contributed by atoms with Gasteiger partial charge in [-0.25, -0.2) is 9.37 Å². The monoisotopic (exact) mass is 311 g/mol. The molecule has 1 atom stereocenters. The van der Waals surface area contributed by atoms with Crippen molar-refractivity contribution in [2.75, 3.05) is 7.05 Å². The van der Waals surface area contributed by atoms with Crippen molar-refractivity contribution in [3.63, 3.8) is 0 Å². The number of imidazole rings is 1. The molecule has 0 saturated heterocycles. The van der Waals surface area contributed by atoms with Crippen molar-refractivity contribution in [1.82, 2.24) is 14.9 Å². The molecule has 0 saturated carbocycles. The second-order valence-corrected chi connectivity index (χ2v) is 4.79. The van der Waals surface area contributed by atoms with Gasteiger partial charge < -0.3 is 9.88 Å². The van der Waals surface area contributed by atoms with Crippen molar-refractivity contribution < 1.29 is 4.39 Å². The number of halogens is 2. The summed E-state index contributed by atoms with van der Waals surface area (Å²) in [5.41, 5.74) is 0.591. The van der Waals surface area contributed by atoms with E-state index in [-0.39, 0.29) is 11.9 Å². The standard InChI is InChI=1S/C13H15BrFN3/c1-3-18-8-7-17-13(18)12(16-2)9-5-4-6-10(14)11(9)15/h4-8,12,16H,3H2,1-2H3. The minimum atomic E-state index is -0.252. The Hall–Kier alpha value is -1.20. The van der Waals surface area contributed by atoms with Crippen LogP contribution in [-0.2, 0) is 6.54 Å². The van der Waals surface area contributed by atoms with E-state index in [1.54, 1.807) is 25.4 Å². The van der Waals surface area contributed by atoms with Crippen LogP contribution in [0.25, 0.3) is 0 Å². The zero-order valence-corrected chi connectivity index (χ0v) is 11.9. The maximum absolute atomic E-state index is 14.1. The number of nitrogens with zero attached hydrogens (tertiary/aromatic N) is 2. The normalized spacial score (nSPS) is 12.7. The Kier molecular flexibility index (Phi) is 4.14. The fourth-order valence-electron chi connectivity index (χ4n) is 2.02. The highest BCUT2D eigenvalue weighted by molar-refractivity contribution is 9.10. The van der Waals surface area contributed by atoms with Gasteiger partial charge in [0.25, 0.3) is 0 Å². The summed E-state index contributed by atoms with van der Waals surface area (Å²) in [4.78, 5) is 4.32. The SMILES string of the molecule is CCn1ccnc1C(NC)c1cccc(Br)c1F. The molecule has 3 nitrogen and oxygen atoms in total. The molecule has 96 valence electrons. The number of rotatable bonds is 4. The molecule has 0 amide bonds. The third-order valence-corrected chi connectivity index (χ3v) is 3.54. The summed E-state index contributed by atoms with van der Waals surface area (Å²) in [5.74, 6) is 0.569. The number of hydrogen-bond acceptors (Lipinski definition) is 2. The molecule has 1 unspecified atom stereocenters. The predicted octanol–water partition coefficient (Wildman–Crippen LogP) is 3.11. The average molecular weight is 312 g/mol. The van der Waals surface area contributed by atoms with Gasteiger partial charge >= 0.3 is 0 Å². The van der Waals surface area contributed by atoms with Gasteiger partial charge in [-0.3, -0.25) is 0 Å². The van der Waals surface area contributed by atoms with Crippen LogP contribution in [0.1, 0.15) is 24.4 Å². The first kappa shape index (κ1) is 13.2. The summed E-state index contributed by atoms with van der Waals surface area (Å²) >= 11 is 3.21. The van der Waals surface area contributed by atoms with E-state index in [9.17, 15) is 4.39 Å². The molecule has 0 aliphatic heterocycles. The Labute approximate surface area is 114 Å². The number of aromatic nitrogens is 2. The van der Waals surface area contributed by atoms with E-state index >= 15 is 0 Å². The molecule has 5 heteroatoms. The minimum absolute atomic E-state index is 0.248. The van der Waals surface area contributed by atoms with E-state index in [4.69, 9.17) is 0 Å². The second-order valence-electron chi connectivity index (χ2n) is 3.94. The van der Waals surface area contributed by atoms with E-state index in [0.29, 0.717) is 10.0 Å². The van der Waals surface area contributed by atoms with Crippen LogP contribution >= 0.6 is 15.9 Å². The summed E-state index contributed by atoms with van der Waals surface area (Å²) in [5, 5.41) is 3.12. The summed E-state index contributed by atoms with van der Waals surface area (Å²) in [6, 6.07) is 5.04. The van der Waals surface area contributed by atoms with Crippen molar-refractivity contribution in [2.24, 2.45) is 0 Å². The minimum Gasteiger partial charge on any atom is -0.334 e. The first-order valence-corrected chi connectivity index (χ1v) is 6.60. The highest BCUT2D eigenvalue weighted by Crippen LogP contribution is 2.27. The Balaban J connectivity index is 2.49. The van der Waals surface area contributed by atoms with Crippen LogP contribution in [0.4, 0.5) is 4.39 Å². The molecule has 18 heavy (non-hydrogen) atoms. The molecule has 0 fully saturated rings. The molecule has 0 aliphatic rings. The number of nitrogens with one attached hydrogen (secondary N) is 1. The van der Waals surface area contributed by atoms with Gasteiger partial charge in [-0.2, -0.15) is 0 Å². The molecule has 0 bridgehead atoms. The summed E-state index contributed by atoms with van der Waals surface area (Å²) < 4.78 is 16.6. The molecule has 0 spiro atoms. The third-order valence-electron chi connectivity index (χ3n) is 2.93. The quantitative estimate of drug-likeness (QED) is 0.940. The first-order valence-electron chi connectivity index (χ1n) is 5.81. The number of benzene rings is 1. The highest BCUT2D eigenvalue weighted by atomic mass is 79.9. The molecule has 1 aromatic carbocycles. The smallest absolute Gasteiger partial charge is 0.142 e. The van der Waals surface area contributed by atoms with Crippen LogP contribution in [0.5, 0.6) is 0 Å². The van der Waals surface area contributed by atoms with E-state index < -0.39 is 0 Å². The summed E-state index contributed by atoms with van der Waals surface area (Å²) in [6.07, 6.45) is 3.63. The second kappa shape index (κ2) is 5.63. The lowest BCUT2D eigenvalue weighted by molar-refractivity contribution is 0.539. The maximum Gasteiger partial charge on any atom is 0.142 e. The average Bonchev–Trinajstić information content (AvgIpc) is 2.83. The topological polar surface area (TPSA) is 29.9 Å². The Morgan fingerprint density at radius 3 is 2.94 bits per heavy atom. The van der Waals surface area contributed by atoms with Crippen molar-refractivity contribution in [3.8, 4) is 0 Å². The van der Waals surface area contributed by atoms with Gasteiger partial charge in [-0.15, -0.1) is 0 Å². The molecule has 2 rings (SSSR count). The lowest BCUT2D eigenvalue weighted by Crippen LogP contribution is -2.23. The van der Waals surface area contributed by atoms with Crippen LogP contribution in [0.3, 0.4) is 0 Å². The molecule has 0 radical (unpaired) electrons. The number of aryl methyl sites for hydroxylation is 1. The van der Waals surface area contributed by atoms with Crippen LogP contribution < -0.4 is 5.32 Å². The zero-order chi connectivity index (χ0) is 13.1. The van der Waals surface area contributed by atoms with Crippen LogP contribution in [0.15, 0.2) is 35.1 Å². The van der Waals surface area contributed by atoms with Crippen molar-refractivity contribution in [2.45, 2.75) is 19.5 Å². The van der Waals surface area contributed by atoms with E-state index in [2.05, 4.69) is 26.2 Å². The van der Waals surface area contributed by atoms with Crippen LogP contribution in [0.2, 0.25) is 0 Å². The summed E-state index contributed by atoms with van der Waals surface area (Å²) in [6.45, 7) is 2.85. The predicted molar refractivity (Wildman–Crippen MR) is 72.9 cm³/mol. The zero-order valence-electron chi connectivity index (χ0n) is 10.3. The molecular formula is C13H15BrFN3. The molecule has 1 N–H and O–H groups in total. The van der Waals surface area contributed by atoms with E-state index in [1.165, 1.54) is 0 Å². The van der Waals surface area contributed by atoms with Crippen molar-refractivity contribution in [3.05, 3.63) is 52.3 Å². The van der Waals surface area contributed by atoms with Gasteiger partial charge in [0.05, 0.1) is 10.5 Å². The van der Waals surface area contributed by atoms with Crippen molar-refractivity contribution in [1.29, 1.82) is 0 Å². The molecule has 0 aliphatic carbocycles. The third kappa shape index (κ3) is 2.33. The van der Waals surface area contributed by atoms with Gasteiger partial charge in [0, 0.05) is 24.5 Å². The van der Waals surface area contributed by atoms with Crippen LogP contribution in [-0.4, -0.2) is 16.6 Å². The number of hydrogen-bond donors (Lipinski definition) is 1. The lowest BCUT2D eigenvalue weighted by Gasteiger charge is -2.18. The fourth-order valence-corrected chi connectivity index (χ4v) is 2.40. The Morgan fingerprint density at radius 2 is 2.28 bits per heavy atom. The molecular weight excluding hydrogens is 297 g/mol.